The van der Waals surface area contributed by atoms with Crippen molar-refractivity contribution in [2.24, 2.45) is 0 Å². The highest BCUT2D eigenvalue weighted by Crippen LogP contribution is 2.14. The predicted molar refractivity (Wildman–Crippen MR) is 99.5 cm³/mol. The zero-order valence-corrected chi connectivity index (χ0v) is 14.7. The molecule has 0 atom stereocenters. The Morgan fingerprint density at radius 1 is 0.840 bits per heavy atom. The summed E-state index contributed by atoms with van der Waals surface area (Å²) in [7, 11) is 0. The number of carbonyl (C=O) groups is 2. The van der Waals surface area contributed by atoms with E-state index < -0.39 is 11.9 Å². The molecule has 7 heteroatoms. The number of aromatic nitrogens is 1. The summed E-state index contributed by atoms with van der Waals surface area (Å²) in [5.41, 5.74) is 6.69. The summed E-state index contributed by atoms with van der Waals surface area (Å²) in [4.78, 5) is 23.9. The van der Waals surface area contributed by atoms with E-state index in [4.69, 9.17) is 0 Å². The average molecular weight is 399 g/mol. The molecule has 3 amide bonds. The van der Waals surface area contributed by atoms with E-state index >= 15 is 0 Å². The van der Waals surface area contributed by atoms with Crippen molar-refractivity contribution in [1.29, 1.82) is 0 Å². The molecule has 126 valence electrons. The number of halogens is 1. The molecule has 25 heavy (non-hydrogen) atoms. The van der Waals surface area contributed by atoms with Crippen molar-refractivity contribution in [3.8, 4) is 5.69 Å². The number of nitrogens with one attached hydrogen (secondary N) is 3. The van der Waals surface area contributed by atoms with Crippen LogP contribution in [0.2, 0.25) is 0 Å². The fourth-order valence-electron chi connectivity index (χ4n) is 2.17. The first-order chi connectivity index (χ1) is 12.1. The number of carbonyl (C=O) groups excluding carboxylic acids is 2. The highest BCUT2D eigenvalue weighted by molar-refractivity contribution is 9.10. The molecule has 0 saturated heterocycles. The van der Waals surface area contributed by atoms with Crippen molar-refractivity contribution in [3.63, 3.8) is 0 Å². The van der Waals surface area contributed by atoms with Crippen LogP contribution in [0.25, 0.3) is 5.69 Å². The maximum Gasteiger partial charge on any atom is 0.337 e. The topological polar surface area (TPSA) is 75.2 Å². The smallest absolute Gasteiger partial charge is 0.324 e. The molecular formula is C18H15BrN4O2. The van der Waals surface area contributed by atoms with E-state index in [2.05, 4.69) is 32.1 Å². The first-order valence-electron chi connectivity index (χ1n) is 7.48. The summed E-state index contributed by atoms with van der Waals surface area (Å²) >= 11 is 3.32. The van der Waals surface area contributed by atoms with Crippen LogP contribution in [0, 0.1) is 0 Å². The van der Waals surface area contributed by atoms with E-state index in [1.165, 1.54) is 0 Å². The van der Waals surface area contributed by atoms with Gasteiger partial charge in [-0.25, -0.2) is 10.2 Å². The van der Waals surface area contributed by atoms with Gasteiger partial charge in [0.1, 0.15) is 0 Å². The highest BCUT2D eigenvalue weighted by atomic mass is 79.9. The number of hydrogen-bond donors (Lipinski definition) is 3. The molecular weight excluding hydrogens is 384 g/mol. The van der Waals surface area contributed by atoms with E-state index in [-0.39, 0.29) is 0 Å². The number of rotatable bonds is 3. The maximum atomic E-state index is 12.1. The van der Waals surface area contributed by atoms with Crippen LogP contribution in [0.1, 0.15) is 10.4 Å². The van der Waals surface area contributed by atoms with Gasteiger partial charge in [-0.2, -0.15) is 0 Å². The van der Waals surface area contributed by atoms with Crippen molar-refractivity contribution in [1.82, 2.24) is 15.4 Å². The van der Waals surface area contributed by atoms with Gasteiger partial charge in [-0.3, -0.25) is 10.2 Å². The van der Waals surface area contributed by atoms with Crippen LogP contribution >= 0.6 is 15.9 Å². The predicted octanol–water partition coefficient (Wildman–Crippen LogP) is 3.71. The molecule has 0 aliphatic carbocycles. The third-order valence-corrected chi connectivity index (χ3v) is 3.95. The standard InChI is InChI=1S/C18H15BrN4O2/c19-14-5-7-15(8-6-14)20-18(25)22-21-17(24)13-3-9-16(10-4-13)23-11-1-2-12-23/h1-12H,(H,21,24)(H2,20,22,25). The molecule has 0 aliphatic heterocycles. The Bertz CT molecular complexity index is 859. The van der Waals surface area contributed by atoms with Crippen LogP contribution in [0.3, 0.4) is 0 Å². The van der Waals surface area contributed by atoms with Gasteiger partial charge in [0.2, 0.25) is 0 Å². The molecule has 0 radical (unpaired) electrons. The Morgan fingerprint density at radius 3 is 2.12 bits per heavy atom. The molecule has 6 nitrogen and oxygen atoms in total. The summed E-state index contributed by atoms with van der Waals surface area (Å²) in [6.45, 7) is 0. The lowest BCUT2D eigenvalue weighted by Crippen LogP contribution is -2.43. The molecule has 0 unspecified atom stereocenters. The number of anilines is 1. The van der Waals surface area contributed by atoms with Gasteiger partial charge in [-0.1, -0.05) is 15.9 Å². The van der Waals surface area contributed by atoms with Gasteiger partial charge in [0, 0.05) is 33.8 Å². The van der Waals surface area contributed by atoms with Gasteiger partial charge in [0.15, 0.2) is 0 Å². The molecule has 3 N–H and O–H groups in total. The first kappa shape index (κ1) is 16.8. The molecule has 0 saturated carbocycles. The molecule has 0 spiro atoms. The fourth-order valence-corrected chi connectivity index (χ4v) is 2.44. The van der Waals surface area contributed by atoms with Gasteiger partial charge in [-0.05, 0) is 60.7 Å². The third-order valence-electron chi connectivity index (χ3n) is 3.42. The van der Waals surface area contributed by atoms with Crippen LogP contribution < -0.4 is 16.2 Å². The first-order valence-corrected chi connectivity index (χ1v) is 8.27. The number of hydrazine groups is 1. The van der Waals surface area contributed by atoms with E-state index in [1.54, 1.807) is 36.4 Å². The summed E-state index contributed by atoms with van der Waals surface area (Å²) < 4.78 is 2.85. The monoisotopic (exact) mass is 398 g/mol. The molecule has 3 aromatic rings. The van der Waals surface area contributed by atoms with Gasteiger partial charge in [0.05, 0.1) is 0 Å². The molecule has 3 rings (SSSR count). The van der Waals surface area contributed by atoms with Gasteiger partial charge in [0.25, 0.3) is 5.91 Å². The van der Waals surface area contributed by atoms with Crippen LogP contribution in [-0.4, -0.2) is 16.5 Å². The second kappa shape index (κ2) is 7.67. The second-order valence-electron chi connectivity index (χ2n) is 5.18. The molecule has 1 aromatic heterocycles. The molecule has 0 aliphatic rings. The average Bonchev–Trinajstić information content (AvgIpc) is 3.16. The Balaban J connectivity index is 1.53. The molecule has 1 heterocycles. The minimum absolute atomic E-state index is 0.398. The molecule has 0 bridgehead atoms. The lowest BCUT2D eigenvalue weighted by atomic mass is 10.2. The van der Waals surface area contributed by atoms with E-state index in [9.17, 15) is 9.59 Å². The lowest BCUT2D eigenvalue weighted by molar-refractivity contribution is 0.0938. The van der Waals surface area contributed by atoms with Crippen LogP contribution in [0.5, 0.6) is 0 Å². The maximum absolute atomic E-state index is 12.1. The van der Waals surface area contributed by atoms with Crippen LogP contribution in [0.4, 0.5) is 10.5 Å². The third kappa shape index (κ3) is 4.48. The fraction of sp³-hybridized carbons (Fsp3) is 0. The van der Waals surface area contributed by atoms with Gasteiger partial charge < -0.3 is 9.88 Å². The van der Waals surface area contributed by atoms with Crippen molar-refractivity contribution in [2.45, 2.75) is 0 Å². The Morgan fingerprint density at radius 2 is 1.48 bits per heavy atom. The number of nitrogens with zero attached hydrogens (tertiary/aromatic N) is 1. The number of benzene rings is 2. The minimum atomic E-state index is -0.528. The van der Waals surface area contributed by atoms with E-state index in [0.717, 1.165) is 10.2 Å². The Kier molecular flexibility index (Phi) is 5.15. The van der Waals surface area contributed by atoms with Crippen molar-refractivity contribution >= 4 is 33.6 Å². The lowest BCUT2D eigenvalue weighted by Gasteiger charge is -2.10. The summed E-state index contributed by atoms with van der Waals surface area (Å²) in [6, 6.07) is 17.5. The highest BCUT2D eigenvalue weighted by Gasteiger charge is 2.07. The van der Waals surface area contributed by atoms with Crippen molar-refractivity contribution in [3.05, 3.63) is 83.1 Å². The quantitative estimate of drug-likeness (QED) is 0.588. The normalized spacial score (nSPS) is 10.1. The van der Waals surface area contributed by atoms with E-state index in [1.807, 2.05) is 41.2 Å². The Labute approximate surface area is 153 Å². The van der Waals surface area contributed by atoms with Crippen molar-refractivity contribution < 1.29 is 9.59 Å². The SMILES string of the molecule is O=C(NNC(=O)c1ccc(-n2cccc2)cc1)Nc1ccc(Br)cc1. The minimum Gasteiger partial charge on any atom is -0.324 e. The zero-order valence-electron chi connectivity index (χ0n) is 13.1. The van der Waals surface area contributed by atoms with Gasteiger partial charge in [-0.15, -0.1) is 0 Å². The van der Waals surface area contributed by atoms with E-state index in [0.29, 0.717) is 11.3 Å². The number of urea groups is 1. The zero-order chi connectivity index (χ0) is 17.6. The van der Waals surface area contributed by atoms with Crippen LogP contribution in [-0.2, 0) is 0 Å². The Hall–Kier alpha value is -3.06. The molecule has 2 aromatic carbocycles. The summed E-state index contributed by atoms with van der Waals surface area (Å²) in [5.74, 6) is -0.398. The second-order valence-corrected chi connectivity index (χ2v) is 6.09. The van der Waals surface area contributed by atoms with Crippen LogP contribution in [0.15, 0.2) is 77.5 Å². The number of hydrogen-bond acceptors (Lipinski definition) is 2. The van der Waals surface area contributed by atoms with Gasteiger partial charge >= 0.3 is 6.03 Å². The number of amides is 3. The molecule has 0 fully saturated rings. The largest absolute Gasteiger partial charge is 0.337 e. The summed E-state index contributed by atoms with van der Waals surface area (Å²) in [5, 5.41) is 2.61. The summed E-state index contributed by atoms with van der Waals surface area (Å²) in [6.07, 6.45) is 3.84. The van der Waals surface area contributed by atoms with Crippen molar-refractivity contribution in [2.75, 3.05) is 5.32 Å².